The van der Waals surface area contributed by atoms with E-state index in [-0.39, 0.29) is 5.91 Å². The van der Waals surface area contributed by atoms with E-state index in [1.165, 1.54) is 17.1 Å². The molecule has 24 heavy (non-hydrogen) atoms. The van der Waals surface area contributed by atoms with E-state index >= 15 is 0 Å². The molecule has 2 N–H and O–H groups in total. The number of nitrogens with zero attached hydrogens (tertiary/aromatic N) is 3. The first kappa shape index (κ1) is 14.0. The maximum Gasteiger partial charge on any atom is 0.270 e. The van der Waals surface area contributed by atoms with Crippen LogP contribution in [0.15, 0.2) is 12.1 Å². The molecule has 0 unspecified atom stereocenters. The smallest absolute Gasteiger partial charge is 0.270 e. The Bertz CT molecular complexity index is 783. The van der Waals surface area contributed by atoms with Crippen LogP contribution >= 0.6 is 0 Å². The minimum Gasteiger partial charge on any atom is -0.383 e. The molecule has 5 rings (SSSR count). The highest BCUT2D eigenvalue weighted by Crippen LogP contribution is 2.50. The first-order chi connectivity index (χ1) is 11.8. The fourth-order valence-electron chi connectivity index (χ4n) is 3.65. The lowest BCUT2D eigenvalue weighted by Crippen LogP contribution is -2.42. The Morgan fingerprint density at radius 2 is 2.08 bits per heavy atom. The number of carbonyl (C=O) groups excluding carboxylic acids is 1. The zero-order chi connectivity index (χ0) is 16.3. The van der Waals surface area contributed by atoms with E-state index in [1.54, 1.807) is 7.11 Å². The predicted octanol–water partition coefficient (Wildman–Crippen LogP) is 1.98. The van der Waals surface area contributed by atoms with Gasteiger partial charge in [-0.1, -0.05) is 0 Å². The Kier molecular flexibility index (Phi) is 2.94. The molecule has 5 heterocycles. The van der Waals surface area contributed by atoms with Gasteiger partial charge in [-0.25, -0.2) is 0 Å². The number of aromatic nitrogens is 2. The number of methoxy groups -OCH3 is 1. The highest BCUT2D eigenvalue weighted by molar-refractivity contribution is 5.96. The lowest BCUT2D eigenvalue weighted by atomic mass is 10.2. The van der Waals surface area contributed by atoms with Crippen LogP contribution in [-0.2, 0) is 11.2 Å². The molecule has 2 aromatic heterocycles. The second-order valence-corrected chi connectivity index (χ2v) is 6.64. The average Bonchev–Trinajstić information content (AvgIpc) is 2.95. The topological polar surface area (TPSA) is 67.4 Å². The van der Waals surface area contributed by atoms with E-state index in [0.29, 0.717) is 0 Å². The standard InChI is InChI=1S/C17H21N5O2/c1-24-8-7-21-13-10-14(19-16(13)21)22-6-3-11-9-12(18-15(11)22)17(23)20-4-2-5-20/h9-10,18-19H,2-8H2,1H3. The number of fused-ring (bicyclic) bond motifs is 2. The molecule has 0 radical (unpaired) electrons. The molecule has 1 fully saturated rings. The van der Waals surface area contributed by atoms with Crippen LogP contribution in [-0.4, -0.2) is 60.7 Å². The Morgan fingerprint density at radius 3 is 2.75 bits per heavy atom. The van der Waals surface area contributed by atoms with Crippen LogP contribution in [0.2, 0.25) is 0 Å². The third-order valence-corrected chi connectivity index (χ3v) is 5.21. The monoisotopic (exact) mass is 327 g/mol. The SMILES string of the molecule is COCCN1c2cc(N3CCc4cc(C(=O)N5CCC5)[nH]c43)[nH]c21. The van der Waals surface area contributed by atoms with Gasteiger partial charge in [-0.15, -0.1) is 0 Å². The molecule has 0 aliphatic carbocycles. The van der Waals surface area contributed by atoms with Gasteiger partial charge < -0.3 is 29.4 Å². The van der Waals surface area contributed by atoms with Crippen LogP contribution in [0.25, 0.3) is 0 Å². The summed E-state index contributed by atoms with van der Waals surface area (Å²) in [5.41, 5.74) is 3.20. The first-order valence-electron chi connectivity index (χ1n) is 8.54. The number of hydrogen-bond donors (Lipinski definition) is 2. The van der Waals surface area contributed by atoms with Gasteiger partial charge in [-0.2, -0.15) is 0 Å². The van der Waals surface area contributed by atoms with E-state index < -0.39 is 0 Å². The fourth-order valence-corrected chi connectivity index (χ4v) is 3.65. The maximum atomic E-state index is 12.4. The van der Waals surface area contributed by atoms with E-state index in [2.05, 4.69) is 25.8 Å². The quantitative estimate of drug-likeness (QED) is 0.824. The van der Waals surface area contributed by atoms with Crippen molar-refractivity contribution in [2.75, 3.05) is 49.7 Å². The summed E-state index contributed by atoms with van der Waals surface area (Å²) in [7, 11) is 1.72. The summed E-state index contributed by atoms with van der Waals surface area (Å²) < 4.78 is 5.12. The minimum atomic E-state index is 0.126. The van der Waals surface area contributed by atoms with Crippen molar-refractivity contribution >= 4 is 29.0 Å². The lowest BCUT2D eigenvalue weighted by molar-refractivity contribution is 0.0646. The number of anilines is 4. The first-order valence-corrected chi connectivity index (χ1v) is 8.54. The van der Waals surface area contributed by atoms with Crippen molar-refractivity contribution in [2.24, 2.45) is 0 Å². The number of hydrogen-bond acceptors (Lipinski definition) is 4. The molecule has 0 aromatic carbocycles. The number of carbonyl (C=O) groups is 1. The van der Waals surface area contributed by atoms with E-state index in [9.17, 15) is 4.79 Å². The highest BCUT2D eigenvalue weighted by atomic mass is 16.5. The van der Waals surface area contributed by atoms with Crippen molar-refractivity contribution in [1.82, 2.24) is 14.9 Å². The molecule has 0 saturated carbocycles. The number of aromatic amines is 2. The highest BCUT2D eigenvalue weighted by Gasteiger charge is 2.35. The van der Waals surface area contributed by atoms with Crippen molar-refractivity contribution in [3.05, 3.63) is 23.4 Å². The molecule has 1 amide bonds. The van der Waals surface area contributed by atoms with Crippen LogP contribution in [0.5, 0.6) is 0 Å². The van der Waals surface area contributed by atoms with Gasteiger partial charge in [-0.05, 0) is 24.5 Å². The van der Waals surface area contributed by atoms with Gasteiger partial charge >= 0.3 is 0 Å². The van der Waals surface area contributed by atoms with E-state index in [4.69, 9.17) is 4.74 Å². The molecule has 126 valence electrons. The number of likely N-dealkylation sites (tertiary alicyclic amines) is 1. The second kappa shape index (κ2) is 5.04. The van der Waals surface area contributed by atoms with Crippen LogP contribution < -0.4 is 9.80 Å². The van der Waals surface area contributed by atoms with Crippen molar-refractivity contribution in [1.29, 1.82) is 0 Å². The predicted molar refractivity (Wildman–Crippen MR) is 91.7 cm³/mol. The maximum absolute atomic E-state index is 12.4. The fraction of sp³-hybridized carbons (Fsp3) is 0.471. The van der Waals surface area contributed by atoms with Crippen LogP contribution in [0.1, 0.15) is 22.5 Å². The normalized spacial score (nSPS) is 17.8. The second-order valence-electron chi connectivity index (χ2n) is 6.64. The van der Waals surface area contributed by atoms with Gasteiger partial charge in [0, 0.05) is 39.4 Å². The molecule has 7 nitrogen and oxygen atoms in total. The largest absolute Gasteiger partial charge is 0.383 e. The third kappa shape index (κ3) is 1.97. The average molecular weight is 327 g/mol. The van der Waals surface area contributed by atoms with Crippen LogP contribution in [0.3, 0.4) is 0 Å². The Hall–Kier alpha value is -2.41. The van der Waals surface area contributed by atoms with Crippen LogP contribution in [0, 0.1) is 0 Å². The zero-order valence-corrected chi connectivity index (χ0v) is 13.8. The van der Waals surface area contributed by atoms with Gasteiger partial charge in [0.2, 0.25) is 0 Å². The van der Waals surface area contributed by atoms with Crippen molar-refractivity contribution < 1.29 is 9.53 Å². The molecule has 3 aliphatic heterocycles. The summed E-state index contributed by atoms with van der Waals surface area (Å²) >= 11 is 0. The Morgan fingerprint density at radius 1 is 1.21 bits per heavy atom. The Labute approximate surface area is 140 Å². The summed E-state index contributed by atoms with van der Waals surface area (Å²) in [5.74, 6) is 3.46. The summed E-state index contributed by atoms with van der Waals surface area (Å²) in [6.07, 6.45) is 2.09. The van der Waals surface area contributed by atoms with E-state index in [0.717, 1.165) is 63.0 Å². The number of rotatable bonds is 5. The van der Waals surface area contributed by atoms with Crippen LogP contribution in [0.4, 0.5) is 23.1 Å². The summed E-state index contributed by atoms with van der Waals surface area (Å²) in [4.78, 5) is 25.6. The number of nitrogens with one attached hydrogen (secondary N) is 2. The number of ether oxygens (including phenoxy) is 1. The molecule has 7 heteroatoms. The zero-order valence-electron chi connectivity index (χ0n) is 13.8. The third-order valence-electron chi connectivity index (χ3n) is 5.21. The van der Waals surface area contributed by atoms with Crippen molar-refractivity contribution in [2.45, 2.75) is 12.8 Å². The molecule has 0 spiro atoms. The summed E-state index contributed by atoms with van der Waals surface area (Å²) in [6.45, 7) is 4.32. The number of amides is 1. The van der Waals surface area contributed by atoms with Gasteiger partial charge in [0.1, 0.15) is 23.1 Å². The Balaban J connectivity index is 1.34. The minimum absolute atomic E-state index is 0.126. The molecule has 2 aromatic rings. The molecule has 0 atom stereocenters. The van der Waals surface area contributed by atoms with Crippen molar-refractivity contribution in [3.63, 3.8) is 0 Å². The summed E-state index contributed by atoms with van der Waals surface area (Å²) in [5, 5.41) is 0. The van der Waals surface area contributed by atoms with Gasteiger partial charge in [0.25, 0.3) is 5.91 Å². The van der Waals surface area contributed by atoms with Gasteiger partial charge in [0.05, 0.1) is 12.3 Å². The van der Waals surface area contributed by atoms with Crippen molar-refractivity contribution in [3.8, 4) is 0 Å². The molecular formula is C17H21N5O2. The van der Waals surface area contributed by atoms with Gasteiger partial charge in [-0.3, -0.25) is 4.79 Å². The number of H-pyrrole nitrogens is 2. The van der Waals surface area contributed by atoms with E-state index in [1.807, 2.05) is 11.0 Å². The molecule has 1 saturated heterocycles. The molecule has 3 aliphatic rings. The lowest BCUT2D eigenvalue weighted by Gasteiger charge is -2.30. The summed E-state index contributed by atoms with van der Waals surface area (Å²) in [6, 6.07) is 4.20. The van der Waals surface area contributed by atoms with Gasteiger partial charge in [0.15, 0.2) is 0 Å². The molecular weight excluding hydrogens is 306 g/mol. The molecule has 0 bridgehead atoms.